The van der Waals surface area contributed by atoms with E-state index in [2.05, 4.69) is 0 Å². The van der Waals surface area contributed by atoms with Crippen molar-refractivity contribution in [3.05, 3.63) is 127 Å². The molecule has 0 saturated heterocycles. The number of thiazole rings is 1. The van der Waals surface area contributed by atoms with Crippen LogP contribution in [0, 0.1) is 0 Å². The summed E-state index contributed by atoms with van der Waals surface area (Å²) in [6, 6.07) is 24.9. The van der Waals surface area contributed by atoms with E-state index in [1.165, 1.54) is 11.3 Å². The number of hydrogen-bond acceptors (Lipinski definition) is 7. The van der Waals surface area contributed by atoms with Gasteiger partial charge in [-0.05, 0) is 62.4 Å². The standard InChI is InChI=1S/C32H30N2O4S2/c1-20(2)38-31(36)28-21(3)33-32-34(29(28)23-14-16-25(39-4)17-15-23)30(35)27(40-32)18-24-12-8-9-13-26(24)37-19-22-10-6-5-7-11-22/h5-18,20,29H,19H2,1-4H3/b27-18+/t29-/m1/s1. The second kappa shape index (κ2) is 12.1. The van der Waals surface area contributed by atoms with Crippen molar-refractivity contribution in [3.8, 4) is 5.75 Å². The molecule has 8 heteroatoms. The van der Waals surface area contributed by atoms with E-state index in [-0.39, 0.29) is 11.7 Å². The predicted molar refractivity (Wildman–Crippen MR) is 160 cm³/mol. The van der Waals surface area contributed by atoms with Crippen molar-refractivity contribution in [1.29, 1.82) is 0 Å². The summed E-state index contributed by atoms with van der Waals surface area (Å²) in [6.45, 7) is 5.83. The number of nitrogens with zero attached hydrogens (tertiary/aromatic N) is 2. The van der Waals surface area contributed by atoms with E-state index < -0.39 is 12.0 Å². The molecule has 0 spiro atoms. The molecule has 1 aromatic heterocycles. The minimum Gasteiger partial charge on any atom is -0.488 e. The van der Waals surface area contributed by atoms with Gasteiger partial charge in [0.1, 0.15) is 12.4 Å². The highest BCUT2D eigenvalue weighted by atomic mass is 32.2. The molecule has 0 fully saturated rings. The summed E-state index contributed by atoms with van der Waals surface area (Å²) in [5, 5.41) is 0. The lowest BCUT2D eigenvalue weighted by Gasteiger charge is -2.25. The third kappa shape index (κ3) is 5.83. The first-order valence-electron chi connectivity index (χ1n) is 13.0. The number of fused-ring (bicyclic) bond motifs is 1. The third-order valence-electron chi connectivity index (χ3n) is 6.46. The van der Waals surface area contributed by atoms with E-state index in [1.54, 1.807) is 23.3 Å². The van der Waals surface area contributed by atoms with E-state index in [4.69, 9.17) is 14.5 Å². The van der Waals surface area contributed by atoms with Crippen molar-refractivity contribution in [2.75, 3.05) is 6.26 Å². The van der Waals surface area contributed by atoms with Gasteiger partial charge in [0.25, 0.3) is 5.56 Å². The van der Waals surface area contributed by atoms with Gasteiger partial charge >= 0.3 is 5.97 Å². The Balaban J connectivity index is 1.60. The van der Waals surface area contributed by atoms with Gasteiger partial charge in [0.2, 0.25) is 0 Å². The molecule has 0 amide bonds. The molecule has 204 valence electrons. The lowest BCUT2D eigenvalue weighted by Crippen LogP contribution is -2.40. The topological polar surface area (TPSA) is 69.9 Å². The van der Waals surface area contributed by atoms with Gasteiger partial charge < -0.3 is 9.47 Å². The molecule has 0 radical (unpaired) electrons. The van der Waals surface area contributed by atoms with Crippen LogP contribution < -0.4 is 19.6 Å². The van der Waals surface area contributed by atoms with Crippen molar-refractivity contribution < 1.29 is 14.3 Å². The molecule has 2 heterocycles. The van der Waals surface area contributed by atoms with E-state index in [0.29, 0.717) is 33.0 Å². The Bertz CT molecular complexity index is 1740. The first kappa shape index (κ1) is 27.7. The Morgan fingerprint density at radius 3 is 2.45 bits per heavy atom. The molecule has 0 saturated carbocycles. The van der Waals surface area contributed by atoms with Gasteiger partial charge in [-0.2, -0.15) is 0 Å². The number of aromatic nitrogens is 1. The van der Waals surface area contributed by atoms with Gasteiger partial charge in [0.15, 0.2) is 4.80 Å². The van der Waals surface area contributed by atoms with Crippen LogP contribution in [0.5, 0.6) is 5.75 Å². The minimum absolute atomic E-state index is 0.220. The summed E-state index contributed by atoms with van der Waals surface area (Å²) >= 11 is 2.93. The van der Waals surface area contributed by atoms with Crippen molar-refractivity contribution in [1.82, 2.24) is 4.57 Å². The summed E-state index contributed by atoms with van der Waals surface area (Å²) in [7, 11) is 0. The normalized spacial score (nSPS) is 15.1. The van der Waals surface area contributed by atoms with Crippen LogP contribution in [0.2, 0.25) is 0 Å². The highest BCUT2D eigenvalue weighted by molar-refractivity contribution is 7.98. The van der Waals surface area contributed by atoms with E-state index >= 15 is 0 Å². The molecule has 1 atom stereocenters. The second-order valence-corrected chi connectivity index (χ2v) is 11.5. The van der Waals surface area contributed by atoms with Crippen molar-refractivity contribution in [2.45, 2.75) is 44.4 Å². The number of carbonyl (C=O) groups is 1. The number of ether oxygens (including phenoxy) is 2. The number of hydrogen-bond donors (Lipinski definition) is 0. The minimum atomic E-state index is -0.648. The monoisotopic (exact) mass is 570 g/mol. The highest BCUT2D eigenvalue weighted by Crippen LogP contribution is 2.32. The molecule has 4 aromatic rings. The van der Waals surface area contributed by atoms with Gasteiger partial charge in [0.05, 0.1) is 27.9 Å². The maximum atomic E-state index is 14.0. The summed E-state index contributed by atoms with van der Waals surface area (Å²) < 4.78 is 13.8. The molecule has 1 aliphatic heterocycles. The first-order valence-corrected chi connectivity index (χ1v) is 15.0. The lowest BCUT2D eigenvalue weighted by molar-refractivity contribution is -0.143. The maximum absolute atomic E-state index is 14.0. The molecule has 3 aromatic carbocycles. The fourth-order valence-electron chi connectivity index (χ4n) is 4.57. The molecule has 0 aliphatic carbocycles. The lowest BCUT2D eigenvalue weighted by atomic mass is 9.96. The van der Waals surface area contributed by atoms with Crippen LogP contribution in [0.25, 0.3) is 6.08 Å². The Kier molecular flexibility index (Phi) is 8.38. The number of allylic oxidation sites excluding steroid dienone is 1. The van der Waals surface area contributed by atoms with Crippen LogP contribution >= 0.6 is 23.1 Å². The van der Waals surface area contributed by atoms with Gasteiger partial charge in [-0.15, -0.1) is 11.8 Å². The quantitative estimate of drug-likeness (QED) is 0.207. The van der Waals surface area contributed by atoms with Gasteiger partial charge in [0, 0.05) is 10.5 Å². The van der Waals surface area contributed by atoms with Crippen LogP contribution in [0.1, 0.15) is 43.5 Å². The van der Waals surface area contributed by atoms with Crippen LogP contribution in [0.3, 0.4) is 0 Å². The number of benzene rings is 3. The number of para-hydroxylation sites is 1. The molecule has 0 bridgehead atoms. The zero-order valence-corrected chi connectivity index (χ0v) is 24.4. The molecule has 40 heavy (non-hydrogen) atoms. The summed E-state index contributed by atoms with van der Waals surface area (Å²) in [4.78, 5) is 33.6. The zero-order chi connectivity index (χ0) is 28.2. The second-order valence-electron chi connectivity index (χ2n) is 9.62. The van der Waals surface area contributed by atoms with Crippen LogP contribution in [-0.4, -0.2) is 22.9 Å². The zero-order valence-electron chi connectivity index (χ0n) is 22.8. The van der Waals surface area contributed by atoms with Crippen LogP contribution in [0.15, 0.2) is 105 Å². The summed E-state index contributed by atoms with van der Waals surface area (Å²) in [5.41, 5.74) is 3.37. The first-order chi connectivity index (χ1) is 19.4. The van der Waals surface area contributed by atoms with E-state index in [9.17, 15) is 9.59 Å². The predicted octanol–water partition coefficient (Wildman–Crippen LogP) is 5.49. The van der Waals surface area contributed by atoms with Crippen LogP contribution in [-0.2, 0) is 16.1 Å². The van der Waals surface area contributed by atoms with Gasteiger partial charge in [-0.3, -0.25) is 9.36 Å². The van der Waals surface area contributed by atoms with Crippen molar-refractivity contribution >= 4 is 35.1 Å². The van der Waals surface area contributed by atoms with E-state index in [1.807, 2.05) is 105 Å². The Morgan fingerprint density at radius 2 is 1.75 bits per heavy atom. The average molecular weight is 571 g/mol. The molecule has 1 aliphatic rings. The largest absolute Gasteiger partial charge is 0.488 e. The number of rotatable bonds is 8. The average Bonchev–Trinajstić information content (AvgIpc) is 3.26. The number of carbonyl (C=O) groups excluding carboxylic acids is 1. The van der Waals surface area contributed by atoms with Crippen LogP contribution in [0.4, 0.5) is 0 Å². The van der Waals surface area contributed by atoms with E-state index in [0.717, 1.165) is 21.6 Å². The Labute approximate surface area is 241 Å². The molecule has 0 N–H and O–H groups in total. The fraction of sp³-hybridized carbons (Fsp3) is 0.219. The maximum Gasteiger partial charge on any atom is 0.338 e. The van der Waals surface area contributed by atoms with Gasteiger partial charge in [-0.1, -0.05) is 72.0 Å². The number of esters is 1. The SMILES string of the molecule is CSc1ccc([C@@H]2C(C(=O)OC(C)C)=C(C)N=c3s/c(=C/c4ccccc4OCc4ccccc4)c(=O)n32)cc1. The highest BCUT2D eigenvalue weighted by Gasteiger charge is 2.33. The molecular weight excluding hydrogens is 540 g/mol. The van der Waals surface area contributed by atoms with Crippen molar-refractivity contribution in [2.24, 2.45) is 4.99 Å². The molecule has 6 nitrogen and oxygen atoms in total. The summed E-state index contributed by atoms with van der Waals surface area (Å²) in [5.74, 6) is 0.211. The Morgan fingerprint density at radius 1 is 1.05 bits per heavy atom. The smallest absolute Gasteiger partial charge is 0.338 e. The number of thioether (sulfide) groups is 1. The fourth-order valence-corrected chi connectivity index (χ4v) is 6.02. The Hall–Kier alpha value is -3.88. The summed E-state index contributed by atoms with van der Waals surface area (Å²) in [6.07, 6.45) is 3.54. The van der Waals surface area contributed by atoms with Crippen molar-refractivity contribution in [3.63, 3.8) is 0 Å². The molecule has 0 unspecified atom stereocenters. The molecule has 5 rings (SSSR count). The van der Waals surface area contributed by atoms with Gasteiger partial charge in [-0.25, -0.2) is 9.79 Å². The molecular formula is C32H30N2O4S2. The third-order valence-corrected chi connectivity index (χ3v) is 8.19.